The lowest BCUT2D eigenvalue weighted by atomic mass is 9.99. The number of hydrogen-bond acceptors (Lipinski definition) is 4. The number of hydrogen-bond donors (Lipinski definition) is 1. The van der Waals surface area contributed by atoms with Gasteiger partial charge in [0.2, 0.25) is 0 Å². The number of aliphatic imine (C=N–C) groups is 1. The number of nitrogens with zero attached hydrogens (tertiary/aromatic N) is 2. The van der Waals surface area contributed by atoms with Crippen LogP contribution in [0.4, 0.5) is 8.78 Å². The lowest BCUT2D eigenvalue weighted by Crippen LogP contribution is -2.17. The number of halogens is 3. The highest BCUT2D eigenvalue weighted by Gasteiger charge is 2.48. The molecule has 2 aromatic rings. The van der Waals surface area contributed by atoms with Crippen molar-refractivity contribution in [2.24, 2.45) is 16.6 Å². The smallest absolute Gasteiger partial charge is 0.154 e. The number of fused-ring (bicyclic) bond motifs is 1. The van der Waals surface area contributed by atoms with E-state index in [4.69, 9.17) is 17.3 Å². The molecule has 2 aliphatic rings. The van der Waals surface area contributed by atoms with Gasteiger partial charge in [-0.05, 0) is 48.2 Å². The lowest BCUT2D eigenvalue weighted by Gasteiger charge is -2.19. The van der Waals surface area contributed by atoms with E-state index in [9.17, 15) is 8.78 Å². The Kier molecular flexibility index (Phi) is 4.25. The summed E-state index contributed by atoms with van der Waals surface area (Å²) in [5.74, 6) is -0.559. The standard InChI is InChI=1S/C18H14ClF2N3S/c19-10-2-4-15(23-8-10)14(21)6-9-1-3-13(20)11(5-9)17-12-7-16(12)25-18(22)24-17/h1-6,8,12,16-17H,7H2,(H2,22,24)/b14-6-. The normalized spacial score (nSPS) is 25.3. The summed E-state index contributed by atoms with van der Waals surface area (Å²) in [4.78, 5) is 8.34. The minimum absolute atomic E-state index is 0.175. The fourth-order valence-corrected chi connectivity index (χ4v) is 4.23. The van der Waals surface area contributed by atoms with E-state index >= 15 is 0 Å². The zero-order valence-electron chi connectivity index (χ0n) is 13.0. The Labute approximate surface area is 153 Å². The van der Waals surface area contributed by atoms with Gasteiger partial charge in [0.05, 0.1) is 16.8 Å². The SMILES string of the molecule is NC1=NC(c2cc(/C=C(\F)c3ccc(Cl)cn3)ccc2F)C2CC2S1. The second-order valence-corrected chi connectivity index (χ2v) is 7.80. The van der Waals surface area contributed by atoms with Crippen LogP contribution in [0.25, 0.3) is 11.9 Å². The lowest BCUT2D eigenvalue weighted by molar-refractivity contribution is 0.555. The molecule has 0 saturated heterocycles. The summed E-state index contributed by atoms with van der Waals surface area (Å²) in [5, 5.41) is 1.34. The Morgan fingerprint density at radius 1 is 1.32 bits per heavy atom. The van der Waals surface area contributed by atoms with E-state index in [-0.39, 0.29) is 17.6 Å². The van der Waals surface area contributed by atoms with Gasteiger partial charge in [0.15, 0.2) is 5.17 Å². The van der Waals surface area contributed by atoms with Crippen LogP contribution in [-0.4, -0.2) is 15.4 Å². The molecule has 1 aliphatic heterocycles. The zero-order chi connectivity index (χ0) is 17.6. The largest absolute Gasteiger partial charge is 0.379 e. The quantitative estimate of drug-likeness (QED) is 0.833. The third-order valence-corrected chi connectivity index (χ3v) is 5.74. The van der Waals surface area contributed by atoms with Crippen LogP contribution in [0.2, 0.25) is 5.02 Å². The highest BCUT2D eigenvalue weighted by Crippen LogP contribution is 2.54. The molecule has 2 heterocycles. The van der Waals surface area contributed by atoms with Crippen molar-refractivity contribution < 1.29 is 8.78 Å². The third-order valence-electron chi connectivity index (χ3n) is 4.33. The van der Waals surface area contributed by atoms with Crippen LogP contribution in [0.3, 0.4) is 0 Å². The fourth-order valence-electron chi connectivity index (χ4n) is 2.99. The van der Waals surface area contributed by atoms with Gasteiger partial charge in [0, 0.05) is 17.0 Å². The van der Waals surface area contributed by atoms with Crippen LogP contribution < -0.4 is 5.73 Å². The summed E-state index contributed by atoms with van der Waals surface area (Å²) in [6, 6.07) is 7.28. The van der Waals surface area contributed by atoms with E-state index in [1.807, 2.05) is 0 Å². The maximum Gasteiger partial charge on any atom is 0.154 e. The number of pyridine rings is 1. The maximum absolute atomic E-state index is 14.4. The molecule has 0 radical (unpaired) electrons. The predicted molar refractivity (Wildman–Crippen MR) is 98.5 cm³/mol. The molecule has 25 heavy (non-hydrogen) atoms. The van der Waals surface area contributed by atoms with Gasteiger partial charge in [-0.2, -0.15) is 0 Å². The Bertz CT molecular complexity index is 882. The van der Waals surface area contributed by atoms with E-state index in [1.54, 1.807) is 23.9 Å². The molecule has 1 aliphatic carbocycles. The van der Waals surface area contributed by atoms with Crippen LogP contribution in [-0.2, 0) is 0 Å². The Hall–Kier alpha value is -1.92. The molecule has 3 atom stereocenters. The van der Waals surface area contributed by atoms with Crippen molar-refractivity contribution in [1.82, 2.24) is 4.98 Å². The molecule has 2 N–H and O–H groups in total. The van der Waals surface area contributed by atoms with Crippen molar-refractivity contribution >= 4 is 40.4 Å². The first-order chi connectivity index (χ1) is 12.0. The molecular formula is C18H14ClF2N3S. The number of benzene rings is 1. The molecule has 0 spiro atoms. The molecule has 4 rings (SSSR count). The molecule has 1 aromatic carbocycles. The maximum atomic E-state index is 14.4. The molecular weight excluding hydrogens is 364 g/mol. The Balaban J connectivity index is 1.67. The zero-order valence-corrected chi connectivity index (χ0v) is 14.6. The van der Waals surface area contributed by atoms with Crippen molar-refractivity contribution in [1.29, 1.82) is 0 Å². The molecule has 0 bridgehead atoms. The molecule has 7 heteroatoms. The van der Waals surface area contributed by atoms with Crippen LogP contribution in [0, 0.1) is 11.7 Å². The van der Waals surface area contributed by atoms with Gasteiger partial charge in [-0.3, -0.25) is 9.98 Å². The van der Waals surface area contributed by atoms with E-state index in [0.29, 0.717) is 32.5 Å². The molecule has 0 amide bonds. The number of rotatable bonds is 3. The summed E-state index contributed by atoms with van der Waals surface area (Å²) < 4.78 is 28.7. The van der Waals surface area contributed by atoms with Gasteiger partial charge in [-0.15, -0.1) is 0 Å². The first-order valence-corrected chi connectivity index (χ1v) is 9.05. The van der Waals surface area contributed by atoms with Crippen LogP contribution in [0.5, 0.6) is 0 Å². The molecule has 1 fully saturated rings. The summed E-state index contributed by atoms with van der Waals surface area (Å²) in [5.41, 5.74) is 7.02. The summed E-state index contributed by atoms with van der Waals surface area (Å²) in [7, 11) is 0. The number of aromatic nitrogens is 1. The fraction of sp³-hybridized carbons (Fsp3) is 0.222. The van der Waals surface area contributed by atoms with Gasteiger partial charge >= 0.3 is 0 Å². The van der Waals surface area contributed by atoms with Gasteiger partial charge in [-0.1, -0.05) is 29.4 Å². The first-order valence-electron chi connectivity index (χ1n) is 7.80. The van der Waals surface area contributed by atoms with Crippen LogP contribution in [0.1, 0.15) is 29.3 Å². The van der Waals surface area contributed by atoms with E-state index in [2.05, 4.69) is 9.98 Å². The predicted octanol–water partition coefficient (Wildman–Crippen LogP) is 4.83. The minimum Gasteiger partial charge on any atom is -0.379 e. The molecule has 128 valence electrons. The van der Waals surface area contributed by atoms with Crippen molar-refractivity contribution in [2.75, 3.05) is 0 Å². The van der Waals surface area contributed by atoms with Gasteiger partial charge < -0.3 is 5.73 Å². The summed E-state index contributed by atoms with van der Waals surface area (Å²) in [6.07, 6.45) is 3.68. The highest BCUT2D eigenvalue weighted by molar-refractivity contribution is 8.14. The monoisotopic (exact) mass is 377 g/mol. The summed E-state index contributed by atoms with van der Waals surface area (Å²) >= 11 is 7.31. The number of thioether (sulfide) groups is 1. The van der Waals surface area contributed by atoms with Crippen LogP contribution >= 0.6 is 23.4 Å². The van der Waals surface area contributed by atoms with Crippen molar-refractivity contribution in [2.45, 2.75) is 17.7 Å². The van der Waals surface area contributed by atoms with Crippen molar-refractivity contribution in [3.8, 4) is 0 Å². The van der Waals surface area contributed by atoms with E-state index in [1.165, 1.54) is 30.5 Å². The topological polar surface area (TPSA) is 51.3 Å². The Morgan fingerprint density at radius 3 is 2.92 bits per heavy atom. The minimum atomic E-state index is -0.513. The Morgan fingerprint density at radius 2 is 2.16 bits per heavy atom. The highest BCUT2D eigenvalue weighted by atomic mass is 35.5. The molecule has 3 nitrogen and oxygen atoms in total. The van der Waals surface area contributed by atoms with Crippen molar-refractivity contribution in [3.05, 3.63) is 64.2 Å². The second-order valence-electron chi connectivity index (χ2n) is 6.10. The van der Waals surface area contributed by atoms with E-state index in [0.717, 1.165) is 6.42 Å². The molecule has 1 saturated carbocycles. The number of nitrogens with two attached hydrogens (primary N) is 1. The van der Waals surface area contributed by atoms with Gasteiger partial charge in [-0.25, -0.2) is 8.78 Å². The average Bonchev–Trinajstić information content (AvgIpc) is 3.35. The first kappa shape index (κ1) is 16.5. The van der Waals surface area contributed by atoms with Crippen molar-refractivity contribution in [3.63, 3.8) is 0 Å². The summed E-state index contributed by atoms with van der Waals surface area (Å²) in [6.45, 7) is 0. The third kappa shape index (κ3) is 3.41. The van der Waals surface area contributed by atoms with Gasteiger partial charge in [0.25, 0.3) is 0 Å². The number of amidine groups is 1. The van der Waals surface area contributed by atoms with E-state index < -0.39 is 5.83 Å². The average molecular weight is 378 g/mol. The second kappa shape index (κ2) is 6.42. The molecule has 3 unspecified atom stereocenters. The van der Waals surface area contributed by atoms with Crippen LogP contribution in [0.15, 0.2) is 41.5 Å². The van der Waals surface area contributed by atoms with Gasteiger partial charge in [0.1, 0.15) is 11.6 Å². The molecule has 1 aromatic heterocycles.